The molecule has 2 aromatic heterocycles. The molecule has 1 aromatic carbocycles. The summed E-state index contributed by atoms with van der Waals surface area (Å²) in [6.07, 6.45) is 4.75. The van der Waals surface area contributed by atoms with E-state index >= 15 is 0 Å². The second-order valence-electron chi connectivity index (χ2n) is 6.29. The first-order valence-corrected chi connectivity index (χ1v) is 9.17. The third kappa shape index (κ3) is 3.23. The minimum atomic E-state index is 0.641. The van der Waals surface area contributed by atoms with Crippen LogP contribution >= 0.6 is 11.3 Å². The van der Waals surface area contributed by atoms with Gasteiger partial charge >= 0.3 is 0 Å². The smallest absolute Gasteiger partial charge is 0.188 e. The molecule has 1 saturated heterocycles. The summed E-state index contributed by atoms with van der Waals surface area (Å²) in [6, 6.07) is 10.6. The predicted molar refractivity (Wildman–Crippen MR) is 97.0 cm³/mol. The van der Waals surface area contributed by atoms with Gasteiger partial charge in [0.05, 0.1) is 5.69 Å². The van der Waals surface area contributed by atoms with E-state index in [0.29, 0.717) is 11.7 Å². The van der Waals surface area contributed by atoms with Crippen molar-refractivity contribution in [1.82, 2.24) is 19.9 Å². The zero-order chi connectivity index (χ0) is 16.4. The van der Waals surface area contributed by atoms with Gasteiger partial charge in [0.1, 0.15) is 0 Å². The molecule has 4 nitrogen and oxygen atoms in total. The van der Waals surface area contributed by atoms with E-state index in [0.717, 1.165) is 30.3 Å². The highest BCUT2D eigenvalue weighted by atomic mass is 32.1. The van der Waals surface area contributed by atoms with Crippen molar-refractivity contribution in [2.24, 2.45) is 0 Å². The zero-order valence-corrected chi connectivity index (χ0v) is 14.5. The molecule has 0 bridgehead atoms. The summed E-state index contributed by atoms with van der Waals surface area (Å²) >= 11 is 1.62. The van der Waals surface area contributed by atoms with E-state index in [1.54, 1.807) is 23.7 Å². The number of thiazole rings is 1. The van der Waals surface area contributed by atoms with Crippen molar-refractivity contribution >= 4 is 11.3 Å². The topological polar surface area (TPSA) is 41.9 Å². The largest absolute Gasteiger partial charge is 0.297 e. The maximum Gasteiger partial charge on any atom is 0.188 e. The first-order chi connectivity index (χ1) is 11.8. The van der Waals surface area contributed by atoms with Gasteiger partial charge in [-0.3, -0.25) is 4.90 Å². The molecule has 1 aliphatic heterocycles. The lowest BCUT2D eigenvalue weighted by atomic mass is 9.94. The van der Waals surface area contributed by atoms with Crippen LogP contribution in [0, 0.1) is 6.92 Å². The van der Waals surface area contributed by atoms with E-state index in [1.807, 2.05) is 6.07 Å². The maximum absolute atomic E-state index is 4.71. The normalized spacial score (nSPS) is 18.1. The predicted octanol–water partition coefficient (Wildman–Crippen LogP) is 3.90. The Morgan fingerprint density at radius 2 is 2.00 bits per heavy atom. The third-order valence-corrected chi connectivity index (χ3v) is 5.48. The van der Waals surface area contributed by atoms with Gasteiger partial charge in [0.2, 0.25) is 0 Å². The van der Waals surface area contributed by atoms with Gasteiger partial charge in [-0.15, -0.1) is 11.3 Å². The molecule has 4 rings (SSSR count). The van der Waals surface area contributed by atoms with Gasteiger partial charge < -0.3 is 0 Å². The highest BCUT2D eigenvalue weighted by Crippen LogP contribution is 2.30. The Labute approximate surface area is 146 Å². The Hall–Kier alpha value is -2.11. The van der Waals surface area contributed by atoms with Crippen molar-refractivity contribution < 1.29 is 0 Å². The molecule has 0 radical (unpaired) electrons. The first kappa shape index (κ1) is 15.4. The number of likely N-dealkylation sites (tertiary alicyclic amines) is 1. The number of aromatic nitrogens is 3. The van der Waals surface area contributed by atoms with Crippen molar-refractivity contribution in [3.8, 4) is 10.8 Å². The molecule has 3 heterocycles. The number of hydrogen-bond donors (Lipinski definition) is 0. The highest BCUT2D eigenvalue weighted by molar-refractivity contribution is 7.13. The van der Waals surface area contributed by atoms with Crippen LogP contribution in [0.15, 0.2) is 48.1 Å². The molecule has 5 heteroatoms. The maximum atomic E-state index is 4.71. The van der Waals surface area contributed by atoms with E-state index in [4.69, 9.17) is 4.98 Å². The molecule has 0 aliphatic carbocycles. The molecule has 3 aromatic rings. The standard InChI is InChI=1S/C19H20N4S/c1-14-5-2-3-6-17(14)15-7-10-23(11-15)12-16-13-24-19(22-16)18-20-8-4-9-21-18/h2-6,8-9,13,15H,7,10-12H2,1H3/t15-/m1/s1. The van der Waals surface area contributed by atoms with Crippen LogP contribution in [-0.2, 0) is 6.54 Å². The molecule has 122 valence electrons. The second-order valence-corrected chi connectivity index (χ2v) is 7.15. The lowest BCUT2D eigenvalue weighted by molar-refractivity contribution is 0.323. The van der Waals surface area contributed by atoms with E-state index in [-0.39, 0.29) is 0 Å². The van der Waals surface area contributed by atoms with Gasteiger partial charge in [0.25, 0.3) is 0 Å². The third-order valence-electron chi connectivity index (χ3n) is 4.60. The molecule has 1 aliphatic rings. The fourth-order valence-electron chi connectivity index (χ4n) is 3.40. The molecule has 24 heavy (non-hydrogen) atoms. The Bertz CT molecular complexity index is 815. The molecule has 0 amide bonds. The summed E-state index contributed by atoms with van der Waals surface area (Å²) in [6.45, 7) is 5.36. The van der Waals surface area contributed by atoms with Crippen LogP contribution in [-0.4, -0.2) is 32.9 Å². The van der Waals surface area contributed by atoms with Gasteiger partial charge in [0, 0.05) is 30.9 Å². The molecule has 0 spiro atoms. The monoisotopic (exact) mass is 336 g/mol. The molecule has 0 saturated carbocycles. The van der Waals surface area contributed by atoms with E-state index in [2.05, 4.69) is 51.4 Å². The first-order valence-electron chi connectivity index (χ1n) is 8.29. The van der Waals surface area contributed by atoms with Crippen LogP contribution in [0.3, 0.4) is 0 Å². The Balaban J connectivity index is 1.42. The van der Waals surface area contributed by atoms with Gasteiger partial charge in [-0.25, -0.2) is 15.0 Å². The molecule has 1 atom stereocenters. The van der Waals surface area contributed by atoms with Crippen molar-refractivity contribution in [1.29, 1.82) is 0 Å². The quantitative estimate of drug-likeness (QED) is 0.725. The molecular formula is C19H20N4S. The Kier molecular flexibility index (Phi) is 4.36. The lowest BCUT2D eigenvalue weighted by Gasteiger charge is -2.16. The summed E-state index contributed by atoms with van der Waals surface area (Å²) in [5.41, 5.74) is 4.02. The number of aryl methyl sites for hydroxylation is 1. The second kappa shape index (κ2) is 6.79. The van der Waals surface area contributed by atoms with Crippen LogP contribution in [0.2, 0.25) is 0 Å². The van der Waals surface area contributed by atoms with E-state index in [9.17, 15) is 0 Å². The summed E-state index contributed by atoms with van der Waals surface area (Å²) < 4.78 is 0. The highest BCUT2D eigenvalue weighted by Gasteiger charge is 2.25. The molecule has 0 N–H and O–H groups in total. The Morgan fingerprint density at radius 3 is 2.83 bits per heavy atom. The van der Waals surface area contributed by atoms with Gasteiger partial charge in [-0.1, -0.05) is 24.3 Å². The van der Waals surface area contributed by atoms with Crippen molar-refractivity contribution in [2.75, 3.05) is 13.1 Å². The zero-order valence-electron chi connectivity index (χ0n) is 13.7. The number of nitrogens with zero attached hydrogens (tertiary/aromatic N) is 4. The van der Waals surface area contributed by atoms with Crippen LogP contribution < -0.4 is 0 Å². The van der Waals surface area contributed by atoms with E-state index in [1.165, 1.54) is 17.5 Å². The van der Waals surface area contributed by atoms with Gasteiger partial charge in [-0.05, 0) is 43.0 Å². The van der Waals surface area contributed by atoms with Crippen LogP contribution in [0.25, 0.3) is 10.8 Å². The van der Waals surface area contributed by atoms with Crippen LogP contribution in [0.5, 0.6) is 0 Å². The van der Waals surface area contributed by atoms with Crippen molar-refractivity contribution in [3.05, 3.63) is 64.9 Å². The minimum Gasteiger partial charge on any atom is -0.297 e. The molecular weight excluding hydrogens is 316 g/mol. The Morgan fingerprint density at radius 1 is 1.17 bits per heavy atom. The van der Waals surface area contributed by atoms with Crippen LogP contribution in [0.4, 0.5) is 0 Å². The lowest BCUT2D eigenvalue weighted by Crippen LogP contribution is -2.20. The minimum absolute atomic E-state index is 0.641. The fourth-order valence-corrected chi connectivity index (χ4v) is 4.15. The number of benzene rings is 1. The fraction of sp³-hybridized carbons (Fsp3) is 0.316. The molecule has 0 unspecified atom stereocenters. The summed E-state index contributed by atoms with van der Waals surface area (Å²) in [4.78, 5) is 15.8. The molecule has 1 fully saturated rings. The van der Waals surface area contributed by atoms with Gasteiger partial charge in [-0.2, -0.15) is 0 Å². The van der Waals surface area contributed by atoms with Gasteiger partial charge in [0.15, 0.2) is 10.8 Å². The SMILES string of the molecule is Cc1ccccc1[C@@H]1CCN(Cc2csc(-c3ncccn3)n2)C1. The summed E-state index contributed by atoms with van der Waals surface area (Å²) in [7, 11) is 0. The van der Waals surface area contributed by atoms with Crippen molar-refractivity contribution in [3.63, 3.8) is 0 Å². The van der Waals surface area contributed by atoms with E-state index < -0.39 is 0 Å². The number of hydrogen-bond acceptors (Lipinski definition) is 5. The summed E-state index contributed by atoms with van der Waals surface area (Å²) in [5, 5.41) is 3.03. The summed E-state index contributed by atoms with van der Waals surface area (Å²) in [5.74, 6) is 1.36. The van der Waals surface area contributed by atoms with Crippen molar-refractivity contribution in [2.45, 2.75) is 25.8 Å². The number of rotatable bonds is 4. The average Bonchev–Trinajstić information content (AvgIpc) is 3.26. The van der Waals surface area contributed by atoms with Crippen LogP contribution in [0.1, 0.15) is 29.2 Å². The average molecular weight is 336 g/mol.